The van der Waals surface area contributed by atoms with E-state index >= 15 is 0 Å². The van der Waals surface area contributed by atoms with Crippen molar-refractivity contribution >= 4 is 0 Å². The number of hydrogen-bond donors (Lipinski definition) is 0. The van der Waals surface area contributed by atoms with Crippen molar-refractivity contribution in [2.75, 3.05) is 0 Å². The van der Waals surface area contributed by atoms with Crippen LogP contribution in [0.25, 0.3) is 0 Å². The molecule has 10 atom stereocenters. The van der Waals surface area contributed by atoms with Crippen LogP contribution in [-0.2, 0) is 0 Å². The maximum absolute atomic E-state index is 2.62. The van der Waals surface area contributed by atoms with Gasteiger partial charge in [0.15, 0.2) is 0 Å². The molecule has 10 unspecified atom stereocenters. The first-order valence-corrected chi connectivity index (χ1v) is 15.1. The minimum atomic E-state index is 0.445. The van der Waals surface area contributed by atoms with Gasteiger partial charge in [-0.25, -0.2) is 0 Å². The first kappa shape index (κ1) is 24.9. The molecule has 0 spiro atoms. The Bertz CT molecular complexity index is 807. The van der Waals surface area contributed by atoms with Crippen LogP contribution in [0, 0.1) is 64.1 Å². The lowest BCUT2D eigenvalue weighted by Crippen LogP contribution is -2.35. The minimum absolute atomic E-state index is 0.445. The monoisotopic (exact) mass is 462 g/mol. The lowest BCUT2D eigenvalue weighted by molar-refractivity contribution is 0.0724. The average Bonchev–Trinajstić information content (AvgIpc) is 3.33. The Morgan fingerprint density at radius 1 is 0.647 bits per heavy atom. The highest BCUT2D eigenvalue weighted by Gasteiger charge is 2.57. The normalized spacial score (nSPS) is 41.7. The summed E-state index contributed by atoms with van der Waals surface area (Å²) in [6.07, 6.45) is 13.5. The molecule has 0 heterocycles. The number of fused-ring (bicyclic) bond motifs is 3. The molecule has 0 N–H and O–H groups in total. The van der Waals surface area contributed by atoms with E-state index in [4.69, 9.17) is 0 Å². The number of rotatable bonds is 3. The van der Waals surface area contributed by atoms with E-state index in [1.165, 1.54) is 57.8 Å². The molecule has 4 aliphatic rings. The second-order valence-corrected chi connectivity index (χ2v) is 15.5. The number of hydrogen-bond acceptors (Lipinski definition) is 0. The molecule has 1 aromatic carbocycles. The molecule has 5 rings (SSSR count). The predicted molar refractivity (Wildman–Crippen MR) is 147 cm³/mol. The van der Waals surface area contributed by atoms with Gasteiger partial charge in [0.05, 0.1) is 0 Å². The van der Waals surface area contributed by atoms with E-state index in [0.29, 0.717) is 10.8 Å². The molecule has 0 aliphatic heterocycles. The van der Waals surface area contributed by atoms with Gasteiger partial charge in [0.25, 0.3) is 0 Å². The van der Waals surface area contributed by atoms with Crippen molar-refractivity contribution in [1.82, 2.24) is 0 Å². The molecule has 0 bridgehead atoms. The van der Waals surface area contributed by atoms with Crippen LogP contribution < -0.4 is 0 Å². The van der Waals surface area contributed by atoms with Gasteiger partial charge in [0.2, 0.25) is 0 Å². The van der Waals surface area contributed by atoms with Crippen molar-refractivity contribution in [2.45, 2.75) is 112 Å². The smallest absolute Gasteiger partial charge is 0.00971 e. The van der Waals surface area contributed by atoms with Gasteiger partial charge in [-0.3, -0.25) is 0 Å². The van der Waals surface area contributed by atoms with Crippen LogP contribution >= 0.6 is 0 Å². The highest BCUT2D eigenvalue weighted by Crippen LogP contribution is 2.65. The Labute approximate surface area is 212 Å². The molecule has 0 heteroatoms. The lowest BCUT2D eigenvalue weighted by atomic mass is 9.61. The third-order valence-corrected chi connectivity index (χ3v) is 11.8. The standard InChI is InChI=1S/C34H54/c1-22-19-25(34(5,6)7)21-29(22)31(23-13-9-8-10-14-23)32-27-16-12-11-15-26(27)30-20-24(33(2,3)4)17-18-28(30)32/h8-10,13-14,22,24-32H,11-12,15-21H2,1-7H3. The molecule has 4 aliphatic carbocycles. The first-order chi connectivity index (χ1) is 16.1. The molecule has 190 valence electrons. The summed E-state index contributed by atoms with van der Waals surface area (Å²) in [4.78, 5) is 0. The Morgan fingerprint density at radius 3 is 1.88 bits per heavy atom. The van der Waals surface area contributed by atoms with Crippen LogP contribution in [0.2, 0.25) is 0 Å². The molecular weight excluding hydrogens is 408 g/mol. The van der Waals surface area contributed by atoms with Crippen LogP contribution in [0.3, 0.4) is 0 Å². The van der Waals surface area contributed by atoms with Crippen LogP contribution in [0.4, 0.5) is 0 Å². The Balaban J connectivity index is 1.52. The Hall–Kier alpha value is -0.780. The fourth-order valence-corrected chi connectivity index (χ4v) is 9.95. The molecule has 4 fully saturated rings. The van der Waals surface area contributed by atoms with Gasteiger partial charge in [-0.2, -0.15) is 0 Å². The SMILES string of the molecule is CC1CC(C(C)(C)C)CC1C(c1ccccc1)C1C2CCCCC2C2CC(C(C)(C)C)CCC21. The average molecular weight is 463 g/mol. The molecule has 0 nitrogen and oxygen atoms in total. The van der Waals surface area contributed by atoms with Crippen molar-refractivity contribution in [3.8, 4) is 0 Å². The zero-order valence-corrected chi connectivity index (χ0v) is 23.5. The van der Waals surface area contributed by atoms with E-state index in [2.05, 4.69) is 78.8 Å². The Kier molecular flexibility index (Phi) is 6.78. The maximum atomic E-state index is 2.62. The summed E-state index contributed by atoms with van der Waals surface area (Å²) >= 11 is 0. The first-order valence-electron chi connectivity index (χ1n) is 15.1. The fraction of sp³-hybridized carbons (Fsp3) is 0.824. The molecule has 34 heavy (non-hydrogen) atoms. The van der Waals surface area contributed by atoms with E-state index in [1.54, 1.807) is 5.56 Å². The second-order valence-electron chi connectivity index (χ2n) is 15.5. The maximum Gasteiger partial charge on any atom is -0.00971 e. The zero-order valence-electron chi connectivity index (χ0n) is 23.5. The van der Waals surface area contributed by atoms with Crippen molar-refractivity contribution in [3.05, 3.63) is 35.9 Å². The molecule has 0 aromatic heterocycles. The molecule has 4 saturated carbocycles. The van der Waals surface area contributed by atoms with Gasteiger partial charge in [-0.05, 0) is 121 Å². The summed E-state index contributed by atoms with van der Waals surface area (Å²) in [6, 6.07) is 12.0. The topological polar surface area (TPSA) is 0 Å². The zero-order chi connectivity index (χ0) is 24.3. The number of benzene rings is 1. The van der Waals surface area contributed by atoms with Crippen LogP contribution in [0.1, 0.15) is 118 Å². The van der Waals surface area contributed by atoms with Crippen molar-refractivity contribution in [2.24, 2.45) is 64.1 Å². The summed E-state index contributed by atoms with van der Waals surface area (Å²) in [5, 5.41) is 0. The van der Waals surface area contributed by atoms with Gasteiger partial charge in [0.1, 0.15) is 0 Å². The Morgan fingerprint density at radius 2 is 1.26 bits per heavy atom. The van der Waals surface area contributed by atoms with Gasteiger partial charge in [-0.15, -0.1) is 0 Å². The molecule has 0 saturated heterocycles. The van der Waals surface area contributed by atoms with E-state index in [9.17, 15) is 0 Å². The second kappa shape index (κ2) is 9.27. The van der Waals surface area contributed by atoms with Crippen LogP contribution in [0.15, 0.2) is 30.3 Å². The van der Waals surface area contributed by atoms with Crippen LogP contribution in [-0.4, -0.2) is 0 Å². The van der Waals surface area contributed by atoms with Gasteiger partial charge < -0.3 is 0 Å². The van der Waals surface area contributed by atoms with Gasteiger partial charge >= 0.3 is 0 Å². The molecule has 0 amide bonds. The van der Waals surface area contributed by atoms with Gasteiger partial charge in [0, 0.05) is 0 Å². The third-order valence-electron chi connectivity index (χ3n) is 11.8. The summed E-state index contributed by atoms with van der Waals surface area (Å²) in [6.45, 7) is 17.7. The van der Waals surface area contributed by atoms with E-state index in [1.807, 2.05) is 0 Å². The summed E-state index contributed by atoms with van der Waals surface area (Å²) in [5.41, 5.74) is 2.62. The molecule has 1 aromatic rings. The van der Waals surface area contributed by atoms with Crippen molar-refractivity contribution in [1.29, 1.82) is 0 Å². The fourth-order valence-electron chi connectivity index (χ4n) is 9.95. The van der Waals surface area contributed by atoms with Crippen molar-refractivity contribution < 1.29 is 0 Å². The summed E-state index contributed by atoms with van der Waals surface area (Å²) < 4.78 is 0. The quantitative estimate of drug-likeness (QED) is 0.419. The largest absolute Gasteiger partial charge is 0.0622 e. The van der Waals surface area contributed by atoms with E-state index in [-0.39, 0.29) is 0 Å². The van der Waals surface area contributed by atoms with E-state index in [0.717, 1.165) is 59.2 Å². The van der Waals surface area contributed by atoms with Crippen LogP contribution in [0.5, 0.6) is 0 Å². The highest BCUT2D eigenvalue weighted by atomic mass is 14.6. The van der Waals surface area contributed by atoms with Crippen molar-refractivity contribution in [3.63, 3.8) is 0 Å². The third kappa shape index (κ3) is 4.54. The van der Waals surface area contributed by atoms with Gasteiger partial charge in [-0.1, -0.05) is 91.6 Å². The highest BCUT2D eigenvalue weighted by molar-refractivity contribution is 5.25. The summed E-state index contributed by atoms with van der Waals surface area (Å²) in [5.74, 6) is 9.28. The molecule has 0 radical (unpaired) electrons. The summed E-state index contributed by atoms with van der Waals surface area (Å²) in [7, 11) is 0. The lowest BCUT2D eigenvalue weighted by Gasteiger charge is -2.44. The molecular formula is C34H54. The predicted octanol–water partition coefficient (Wildman–Crippen LogP) is 9.99. The minimum Gasteiger partial charge on any atom is -0.0622 e. The van der Waals surface area contributed by atoms with E-state index < -0.39 is 0 Å².